The lowest BCUT2D eigenvalue weighted by molar-refractivity contribution is 0.174. The Bertz CT molecular complexity index is 991. The molecule has 1 aromatic heterocycles. The standard InChI is InChI=1S/C19H17NO4/c1-11-4-3-5-15(12(11)2)20-9-13-6-19(21)24-16-8-18-17(7-14(13)16)22-10-23-18/h3-8,20H,9-10H2,1-2H3. The molecule has 0 atom stereocenters. The van der Waals surface area contributed by atoms with Gasteiger partial charge in [0, 0.05) is 29.8 Å². The topological polar surface area (TPSA) is 60.7 Å². The van der Waals surface area contributed by atoms with Gasteiger partial charge in [-0.3, -0.25) is 0 Å². The third-order valence-electron chi connectivity index (χ3n) is 4.40. The minimum atomic E-state index is -0.376. The fraction of sp³-hybridized carbons (Fsp3) is 0.211. The Morgan fingerprint density at radius 2 is 1.88 bits per heavy atom. The van der Waals surface area contributed by atoms with Gasteiger partial charge in [-0.15, -0.1) is 0 Å². The van der Waals surface area contributed by atoms with Crippen LogP contribution >= 0.6 is 0 Å². The highest BCUT2D eigenvalue weighted by Crippen LogP contribution is 2.36. The second kappa shape index (κ2) is 5.60. The van der Waals surface area contributed by atoms with E-state index in [1.165, 1.54) is 17.2 Å². The molecular weight excluding hydrogens is 306 g/mol. The van der Waals surface area contributed by atoms with Gasteiger partial charge >= 0.3 is 5.63 Å². The maximum absolute atomic E-state index is 11.9. The van der Waals surface area contributed by atoms with E-state index >= 15 is 0 Å². The Hall–Kier alpha value is -2.95. The van der Waals surface area contributed by atoms with Gasteiger partial charge in [-0.25, -0.2) is 4.79 Å². The van der Waals surface area contributed by atoms with Gasteiger partial charge in [-0.2, -0.15) is 0 Å². The van der Waals surface area contributed by atoms with Crippen LogP contribution in [0.2, 0.25) is 0 Å². The normalized spacial score (nSPS) is 12.6. The summed E-state index contributed by atoms with van der Waals surface area (Å²) >= 11 is 0. The summed E-state index contributed by atoms with van der Waals surface area (Å²) in [6.45, 7) is 4.86. The van der Waals surface area contributed by atoms with Crippen molar-refractivity contribution in [3.05, 3.63) is 63.5 Å². The summed E-state index contributed by atoms with van der Waals surface area (Å²) in [5.41, 5.74) is 4.46. The second-order valence-electron chi connectivity index (χ2n) is 5.89. The summed E-state index contributed by atoms with van der Waals surface area (Å²) < 4.78 is 16.1. The van der Waals surface area contributed by atoms with Crippen molar-refractivity contribution < 1.29 is 13.9 Å². The molecule has 0 spiro atoms. The van der Waals surface area contributed by atoms with Crippen molar-refractivity contribution >= 4 is 16.7 Å². The van der Waals surface area contributed by atoms with Crippen LogP contribution in [0.4, 0.5) is 5.69 Å². The first kappa shape index (κ1) is 14.6. The molecule has 0 unspecified atom stereocenters. The van der Waals surface area contributed by atoms with Gasteiger partial charge in [0.15, 0.2) is 11.5 Å². The first-order valence-electron chi connectivity index (χ1n) is 7.78. The van der Waals surface area contributed by atoms with Crippen LogP contribution in [0.15, 0.2) is 45.6 Å². The van der Waals surface area contributed by atoms with Crippen LogP contribution in [0.25, 0.3) is 11.0 Å². The average Bonchev–Trinajstić information content (AvgIpc) is 3.01. The summed E-state index contributed by atoms with van der Waals surface area (Å²) in [5, 5.41) is 4.25. The van der Waals surface area contributed by atoms with Crippen LogP contribution in [-0.2, 0) is 6.54 Å². The van der Waals surface area contributed by atoms with Crippen LogP contribution in [0, 0.1) is 13.8 Å². The van der Waals surface area contributed by atoms with Gasteiger partial charge < -0.3 is 19.2 Å². The molecule has 3 aromatic rings. The highest BCUT2D eigenvalue weighted by molar-refractivity contribution is 5.84. The first-order valence-corrected chi connectivity index (χ1v) is 7.78. The van der Waals surface area contributed by atoms with E-state index in [1.807, 2.05) is 18.2 Å². The monoisotopic (exact) mass is 323 g/mol. The van der Waals surface area contributed by atoms with Crippen molar-refractivity contribution in [2.45, 2.75) is 20.4 Å². The van der Waals surface area contributed by atoms with E-state index < -0.39 is 0 Å². The van der Waals surface area contributed by atoms with Gasteiger partial charge in [0.1, 0.15) is 5.58 Å². The minimum absolute atomic E-state index is 0.186. The van der Waals surface area contributed by atoms with Crippen LogP contribution in [-0.4, -0.2) is 6.79 Å². The Morgan fingerprint density at radius 1 is 1.08 bits per heavy atom. The second-order valence-corrected chi connectivity index (χ2v) is 5.89. The predicted octanol–water partition coefficient (Wildman–Crippen LogP) is 3.75. The lowest BCUT2D eigenvalue weighted by Crippen LogP contribution is -2.06. The van der Waals surface area contributed by atoms with E-state index in [0.717, 1.165) is 16.6 Å². The molecule has 0 saturated carbocycles. The van der Waals surface area contributed by atoms with Gasteiger partial charge in [0.2, 0.25) is 6.79 Å². The highest BCUT2D eigenvalue weighted by Gasteiger charge is 2.17. The predicted molar refractivity (Wildman–Crippen MR) is 91.8 cm³/mol. The van der Waals surface area contributed by atoms with Crippen molar-refractivity contribution in [1.29, 1.82) is 0 Å². The number of hydrogen-bond acceptors (Lipinski definition) is 5. The van der Waals surface area contributed by atoms with Crippen LogP contribution in [0.1, 0.15) is 16.7 Å². The number of rotatable bonds is 3. The Kier molecular flexibility index (Phi) is 3.41. The number of aryl methyl sites for hydroxylation is 1. The maximum atomic E-state index is 11.9. The van der Waals surface area contributed by atoms with Crippen LogP contribution in [0.5, 0.6) is 11.5 Å². The largest absolute Gasteiger partial charge is 0.454 e. The third kappa shape index (κ3) is 2.48. The number of nitrogens with one attached hydrogen (secondary N) is 1. The van der Waals surface area contributed by atoms with Crippen molar-refractivity contribution in [1.82, 2.24) is 0 Å². The van der Waals surface area contributed by atoms with Crippen LogP contribution < -0.4 is 20.4 Å². The molecule has 0 bridgehead atoms. The molecule has 1 aliphatic rings. The van der Waals surface area contributed by atoms with Gasteiger partial charge in [0.05, 0.1) is 0 Å². The molecule has 0 radical (unpaired) electrons. The first-order chi connectivity index (χ1) is 11.6. The quantitative estimate of drug-likeness (QED) is 0.744. The van der Waals surface area contributed by atoms with Crippen LogP contribution in [0.3, 0.4) is 0 Å². The number of anilines is 1. The molecular formula is C19H17NO4. The summed E-state index contributed by atoms with van der Waals surface area (Å²) in [4.78, 5) is 11.9. The molecule has 1 N–H and O–H groups in total. The number of benzene rings is 2. The fourth-order valence-corrected chi connectivity index (χ4v) is 2.90. The Labute approximate surface area is 138 Å². The summed E-state index contributed by atoms with van der Waals surface area (Å²) in [6.07, 6.45) is 0. The van der Waals surface area contributed by atoms with Gasteiger partial charge in [-0.1, -0.05) is 12.1 Å². The minimum Gasteiger partial charge on any atom is -0.454 e. The molecule has 2 heterocycles. The molecule has 1 aliphatic heterocycles. The Balaban J connectivity index is 1.73. The van der Waals surface area contributed by atoms with Crippen molar-refractivity contribution in [3.8, 4) is 11.5 Å². The van der Waals surface area contributed by atoms with Gasteiger partial charge in [-0.05, 0) is 42.7 Å². The van der Waals surface area contributed by atoms with Gasteiger partial charge in [0.25, 0.3) is 0 Å². The summed E-state index contributed by atoms with van der Waals surface area (Å²) in [6, 6.07) is 11.2. The fourth-order valence-electron chi connectivity index (χ4n) is 2.90. The summed E-state index contributed by atoms with van der Waals surface area (Å²) in [7, 11) is 0. The van der Waals surface area contributed by atoms with Crippen molar-refractivity contribution in [3.63, 3.8) is 0 Å². The molecule has 0 aliphatic carbocycles. The zero-order valence-corrected chi connectivity index (χ0v) is 13.5. The molecule has 5 heteroatoms. The third-order valence-corrected chi connectivity index (χ3v) is 4.40. The molecule has 24 heavy (non-hydrogen) atoms. The smallest absolute Gasteiger partial charge is 0.336 e. The van der Waals surface area contributed by atoms with E-state index in [-0.39, 0.29) is 12.4 Å². The van der Waals surface area contributed by atoms with E-state index in [9.17, 15) is 4.79 Å². The molecule has 4 rings (SSSR count). The number of hydrogen-bond donors (Lipinski definition) is 1. The maximum Gasteiger partial charge on any atom is 0.336 e. The van der Waals surface area contributed by atoms with Crippen molar-refractivity contribution in [2.24, 2.45) is 0 Å². The van der Waals surface area contributed by atoms with E-state index in [0.29, 0.717) is 23.6 Å². The van der Waals surface area contributed by atoms with E-state index in [1.54, 1.807) is 6.07 Å². The number of fused-ring (bicyclic) bond motifs is 2. The zero-order chi connectivity index (χ0) is 16.7. The molecule has 0 fully saturated rings. The number of ether oxygens (including phenoxy) is 2. The molecule has 2 aromatic carbocycles. The lowest BCUT2D eigenvalue weighted by atomic mass is 10.1. The van der Waals surface area contributed by atoms with Crippen molar-refractivity contribution in [2.75, 3.05) is 12.1 Å². The van der Waals surface area contributed by atoms with E-state index in [4.69, 9.17) is 13.9 Å². The molecule has 0 saturated heterocycles. The molecule has 122 valence electrons. The zero-order valence-electron chi connectivity index (χ0n) is 13.5. The lowest BCUT2D eigenvalue weighted by Gasteiger charge is -2.12. The molecule has 0 amide bonds. The SMILES string of the molecule is Cc1cccc(NCc2cc(=O)oc3cc4c(cc23)OCO4)c1C. The average molecular weight is 323 g/mol. The highest BCUT2D eigenvalue weighted by atomic mass is 16.7. The van der Waals surface area contributed by atoms with E-state index in [2.05, 4.69) is 25.2 Å². The Morgan fingerprint density at radius 3 is 2.71 bits per heavy atom. The molecule has 5 nitrogen and oxygen atoms in total. The summed E-state index contributed by atoms with van der Waals surface area (Å²) in [5.74, 6) is 1.27.